The number of carbonyl (C=O) groups is 1. The predicted molar refractivity (Wildman–Crippen MR) is 107 cm³/mol. The average Bonchev–Trinajstić information content (AvgIpc) is 3.24. The minimum absolute atomic E-state index is 0.0589. The zero-order chi connectivity index (χ0) is 19.3. The van der Waals surface area contributed by atoms with E-state index in [1.54, 1.807) is 4.68 Å². The summed E-state index contributed by atoms with van der Waals surface area (Å²) in [5, 5.41) is 15.2. The quantitative estimate of drug-likeness (QED) is 0.718. The maximum Gasteiger partial charge on any atom is 0.251 e. The van der Waals surface area contributed by atoms with Gasteiger partial charge in [-0.3, -0.25) is 9.69 Å². The maximum atomic E-state index is 12.5. The van der Waals surface area contributed by atoms with Gasteiger partial charge in [0.05, 0.1) is 5.70 Å². The van der Waals surface area contributed by atoms with Crippen LogP contribution < -0.4 is 10.2 Å². The molecule has 142 valence electrons. The first-order chi connectivity index (χ1) is 13.8. The number of hydrogen-bond donors (Lipinski definition) is 1. The van der Waals surface area contributed by atoms with E-state index in [1.807, 2.05) is 60.4 Å². The molecule has 1 amide bonds. The Hall–Kier alpha value is -3.48. The minimum atomic E-state index is -0.142. The lowest BCUT2D eigenvalue weighted by molar-refractivity contribution is -0.119. The molecule has 0 bridgehead atoms. The van der Waals surface area contributed by atoms with E-state index in [0.29, 0.717) is 12.5 Å². The number of amides is 1. The molecule has 3 aromatic rings. The van der Waals surface area contributed by atoms with Gasteiger partial charge in [0.25, 0.3) is 5.95 Å². The van der Waals surface area contributed by atoms with Crippen molar-refractivity contribution in [1.82, 2.24) is 25.5 Å². The summed E-state index contributed by atoms with van der Waals surface area (Å²) in [4.78, 5) is 14.3. The first kappa shape index (κ1) is 17.9. The fourth-order valence-corrected chi connectivity index (χ4v) is 3.33. The van der Waals surface area contributed by atoms with Crippen molar-refractivity contribution in [2.24, 2.45) is 0 Å². The molecule has 0 fully saturated rings. The largest absolute Gasteiger partial charge is 0.355 e. The molecule has 0 radical (unpaired) electrons. The van der Waals surface area contributed by atoms with Gasteiger partial charge in [0.15, 0.2) is 0 Å². The van der Waals surface area contributed by atoms with E-state index in [9.17, 15) is 4.79 Å². The summed E-state index contributed by atoms with van der Waals surface area (Å²) in [5.74, 6) is 0.498. The van der Waals surface area contributed by atoms with Gasteiger partial charge in [0, 0.05) is 6.54 Å². The Morgan fingerprint density at radius 2 is 1.79 bits per heavy atom. The van der Waals surface area contributed by atoms with Crippen molar-refractivity contribution in [1.29, 1.82) is 0 Å². The summed E-state index contributed by atoms with van der Waals surface area (Å²) in [6.07, 6.45) is 3.00. The van der Waals surface area contributed by atoms with Gasteiger partial charge < -0.3 is 5.32 Å². The molecule has 28 heavy (non-hydrogen) atoms. The van der Waals surface area contributed by atoms with Crippen LogP contribution in [0.25, 0.3) is 5.70 Å². The Labute approximate surface area is 163 Å². The minimum Gasteiger partial charge on any atom is -0.355 e. The standard InChI is InChI=1S/C21H22N6O/c1-2-13-22-20(28)15-26-18(16-9-5-3-6-10-16)14-19(17-11-7-4-8-12-17)27-21(26)23-24-25-27/h3-12,14,19H,2,13,15H2,1H3,(H,22,28)/t19-/m1/s1. The number of tetrazole rings is 1. The molecule has 1 atom stereocenters. The first-order valence-corrected chi connectivity index (χ1v) is 9.42. The third-order valence-electron chi connectivity index (χ3n) is 4.67. The lowest BCUT2D eigenvalue weighted by atomic mass is 10.0. The molecule has 0 aliphatic carbocycles. The Balaban J connectivity index is 1.78. The summed E-state index contributed by atoms with van der Waals surface area (Å²) in [5.41, 5.74) is 3.02. The van der Waals surface area contributed by atoms with Gasteiger partial charge in [-0.1, -0.05) is 72.7 Å². The molecule has 1 N–H and O–H groups in total. The van der Waals surface area contributed by atoms with Crippen molar-refractivity contribution in [3.8, 4) is 0 Å². The highest BCUT2D eigenvalue weighted by atomic mass is 16.2. The van der Waals surface area contributed by atoms with E-state index in [4.69, 9.17) is 0 Å². The van der Waals surface area contributed by atoms with Crippen LogP contribution in [0, 0.1) is 0 Å². The van der Waals surface area contributed by atoms with Gasteiger partial charge in [0.2, 0.25) is 5.91 Å². The SMILES string of the molecule is CCCNC(=O)CN1C(c2ccccc2)=C[C@H](c2ccccc2)n2nnnc21. The first-order valence-electron chi connectivity index (χ1n) is 9.42. The third kappa shape index (κ3) is 3.51. The van der Waals surface area contributed by atoms with E-state index in [0.717, 1.165) is 23.2 Å². The summed E-state index contributed by atoms with van der Waals surface area (Å²) < 4.78 is 1.76. The summed E-state index contributed by atoms with van der Waals surface area (Å²) in [6, 6.07) is 20.0. The Bertz CT molecular complexity index is 967. The molecule has 0 unspecified atom stereocenters. The number of fused-ring (bicyclic) bond motifs is 1. The van der Waals surface area contributed by atoms with Crippen LogP contribution in [-0.4, -0.2) is 39.2 Å². The number of benzene rings is 2. The number of allylic oxidation sites excluding steroid dienone is 1. The lowest BCUT2D eigenvalue weighted by Gasteiger charge is -2.32. The number of aromatic nitrogens is 4. The fraction of sp³-hybridized carbons (Fsp3) is 0.238. The molecule has 0 saturated heterocycles. The van der Waals surface area contributed by atoms with Crippen molar-refractivity contribution < 1.29 is 4.79 Å². The molecule has 1 aliphatic rings. The molecule has 7 heteroatoms. The molecule has 1 aromatic heterocycles. The van der Waals surface area contributed by atoms with Gasteiger partial charge in [-0.25, -0.2) is 0 Å². The van der Waals surface area contributed by atoms with Gasteiger partial charge in [-0.15, -0.1) is 0 Å². The number of rotatable bonds is 6. The van der Waals surface area contributed by atoms with Crippen molar-refractivity contribution in [3.63, 3.8) is 0 Å². The van der Waals surface area contributed by atoms with Crippen LogP contribution in [0.2, 0.25) is 0 Å². The Morgan fingerprint density at radius 3 is 2.50 bits per heavy atom. The smallest absolute Gasteiger partial charge is 0.251 e. The molecule has 7 nitrogen and oxygen atoms in total. The molecular weight excluding hydrogens is 352 g/mol. The highest BCUT2D eigenvalue weighted by molar-refractivity contribution is 5.89. The van der Waals surface area contributed by atoms with E-state index < -0.39 is 0 Å². The lowest BCUT2D eigenvalue weighted by Crippen LogP contribution is -2.40. The zero-order valence-electron chi connectivity index (χ0n) is 15.7. The normalized spacial score (nSPS) is 15.7. The highest BCUT2D eigenvalue weighted by Gasteiger charge is 2.31. The van der Waals surface area contributed by atoms with Crippen molar-refractivity contribution >= 4 is 17.6 Å². The third-order valence-corrected chi connectivity index (χ3v) is 4.67. The average molecular weight is 374 g/mol. The molecular formula is C21H22N6O. The molecule has 2 aromatic carbocycles. The van der Waals surface area contributed by atoms with Crippen LogP contribution in [0.5, 0.6) is 0 Å². The molecule has 0 spiro atoms. The second kappa shape index (κ2) is 8.04. The van der Waals surface area contributed by atoms with Crippen LogP contribution in [0.15, 0.2) is 66.7 Å². The van der Waals surface area contributed by atoms with Crippen LogP contribution in [0.3, 0.4) is 0 Å². The number of nitrogens with zero attached hydrogens (tertiary/aromatic N) is 5. The number of anilines is 1. The van der Waals surface area contributed by atoms with Gasteiger partial charge in [-0.05, 0) is 34.1 Å². The predicted octanol–water partition coefficient (Wildman–Crippen LogP) is 2.65. The summed E-state index contributed by atoms with van der Waals surface area (Å²) in [7, 11) is 0. The maximum absolute atomic E-state index is 12.5. The van der Waals surface area contributed by atoms with E-state index in [1.165, 1.54) is 0 Å². The van der Waals surface area contributed by atoms with Crippen LogP contribution in [0.1, 0.15) is 30.5 Å². The summed E-state index contributed by atoms with van der Waals surface area (Å²) >= 11 is 0. The second-order valence-corrected chi connectivity index (χ2v) is 6.63. The van der Waals surface area contributed by atoms with Crippen LogP contribution >= 0.6 is 0 Å². The van der Waals surface area contributed by atoms with Crippen LogP contribution in [-0.2, 0) is 4.79 Å². The monoisotopic (exact) mass is 374 g/mol. The van der Waals surface area contributed by atoms with E-state index in [2.05, 4.69) is 39.1 Å². The molecule has 1 aliphatic heterocycles. The van der Waals surface area contributed by atoms with Crippen LogP contribution in [0.4, 0.5) is 5.95 Å². The van der Waals surface area contributed by atoms with Crippen molar-refractivity contribution in [2.45, 2.75) is 19.4 Å². The van der Waals surface area contributed by atoms with E-state index in [-0.39, 0.29) is 18.5 Å². The molecule has 2 heterocycles. The van der Waals surface area contributed by atoms with Gasteiger partial charge in [0.1, 0.15) is 12.6 Å². The number of nitrogens with one attached hydrogen (secondary N) is 1. The van der Waals surface area contributed by atoms with Gasteiger partial charge >= 0.3 is 0 Å². The Morgan fingerprint density at radius 1 is 1.07 bits per heavy atom. The van der Waals surface area contributed by atoms with Gasteiger partial charge in [-0.2, -0.15) is 4.68 Å². The highest BCUT2D eigenvalue weighted by Crippen LogP contribution is 2.35. The van der Waals surface area contributed by atoms with Crippen molar-refractivity contribution in [3.05, 3.63) is 77.9 Å². The number of carbonyl (C=O) groups excluding carboxylic acids is 1. The topological polar surface area (TPSA) is 75.9 Å². The molecule has 0 saturated carbocycles. The zero-order valence-corrected chi connectivity index (χ0v) is 15.7. The van der Waals surface area contributed by atoms with E-state index >= 15 is 0 Å². The fourth-order valence-electron chi connectivity index (χ4n) is 3.33. The van der Waals surface area contributed by atoms with Crippen molar-refractivity contribution in [2.75, 3.05) is 18.0 Å². The second-order valence-electron chi connectivity index (χ2n) is 6.63. The number of hydrogen-bond acceptors (Lipinski definition) is 5. The molecule has 4 rings (SSSR count). The summed E-state index contributed by atoms with van der Waals surface area (Å²) in [6.45, 7) is 2.83. The Kier molecular flexibility index (Phi) is 5.14.